The molecule has 0 aliphatic heterocycles. The molecule has 17 heavy (non-hydrogen) atoms. The van der Waals surface area contributed by atoms with Gasteiger partial charge >= 0.3 is 0 Å². The summed E-state index contributed by atoms with van der Waals surface area (Å²) in [6, 6.07) is 6.12. The van der Waals surface area contributed by atoms with Crippen molar-refractivity contribution in [2.24, 2.45) is 0 Å². The third-order valence-electron chi connectivity index (χ3n) is 2.30. The molecule has 0 atom stereocenters. The van der Waals surface area contributed by atoms with Crippen LogP contribution >= 0.6 is 11.5 Å². The molecule has 90 valence electrons. The number of nitrogens with zero attached hydrogens (tertiary/aromatic N) is 2. The molecule has 1 aromatic heterocycles. The average molecular weight is 249 g/mol. The summed E-state index contributed by atoms with van der Waals surface area (Å²) in [4.78, 5) is 0. The summed E-state index contributed by atoms with van der Waals surface area (Å²) < 4.78 is 9.42. The molecular formula is C12H15N3OS. The minimum atomic E-state index is 0.663. The van der Waals surface area contributed by atoms with Crippen LogP contribution in [0.4, 0.5) is 5.69 Å². The largest absolute Gasteiger partial charge is 0.492 e. The van der Waals surface area contributed by atoms with Crippen LogP contribution in [0.5, 0.6) is 5.75 Å². The molecule has 1 heterocycles. The van der Waals surface area contributed by atoms with Crippen molar-refractivity contribution in [2.75, 3.05) is 11.9 Å². The lowest BCUT2D eigenvalue weighted by Crippen LogP contribution is -2.03. The Hall–Kier alpha value is -1.62. The first-order valence-corrected chi connectivity index (χ1v) is 6.36. The van der Waals surface area contributed by atoms with Crippen LogP contribution in [0.2, 0.25) is 0 Å². The molecule has 0 unspecified atom stereocenters. The number of aryl methyl sites for hydroxylation is 1. The van der Waals surface area contributed by atoms with E-state index in [0.717, 1.165) is 17.1 Å². The zero-order chi connectivity index (χ0) is 12.1. The van der Waals surface area contributed by atoms with Crippen molar-refractivity contribution in [3.8, 4) is 5.75 Å². The molecule has 0 radical (unpaired) electrons. The summed E-state index contributed by atoms with van der Waals surface area (Å²) >= 11 is 1.36. The van der Waals surface area contributed by atoms with Crippen molar-refractivity contribution in [1.82, 2.24) is 9.59 Å². The van der Waals surface area contributed by atoms with Crippen LogP contribution in [-0.2, 0) is 6.54 Å². The topological polar surface area (TPSA) is 47.0 Å². The maximum Gasteiger partial charge on any atom is 0.142 e. The molecule has 0 amide bonds. The fourth-order valence-electron chi connectivity index (χ4n) is 1.50. The third-order valence-corrected chi connectivity index (χ3v) is 2.86. The Balaban J connectivity index is 2.08. The minimum Gasteiger partial charge on any atom is -0.492 e. The van der Waals surface area contributed by atoms with E-state index in [1.165, 1.54) is 17.1 Å². The smallest absolute Gasteiger partial charge is 0.142 e. The van der Waals surface area contributed by atoms with E-state index < -0.39 is 0 Å². The summed E-state index contributed by atoms with van der Waals surface area (Å²) in [5.74, 6) is 0.885. The first-order chi connectivity index (χ1) is 8.29. The molecule has 0 saturated carbocycles. The number of hydrogen-bond donors (Lipinski definition) is 1. The predicted octanol–water partition coefficient (Wildman–Crippen LogP) is 2.86. The predicted molar refractivity (Wildman–Crippen MR) is 69.6 cm³/mol. The Morgan fingerprint density at radius 2 is 2.29 bits per heavy atom. The second-order valence-corrected chi connectivity index (χ2v) is 4.29. The van der Waals surface area contributed by atoms with E-state index in [2.05, 4.69) is 27.9 Å². The molecule has 1 N–H and O–H groups in total. The number of anilines is 1. The maximum absolute atomic E-state index is 5.59. The van der Waals surface area contributed by atoms with E-state index in [1.54, 1.807) is 0 Å². The summed E-state index contributed by atoms with van der Waals surface area (Å²) in [6.07, 6.45) is 0. The molecule has 0 spiro atoms. The lowest BCUT2D eigenvalue weighted by Gasteiger charge is -2.12. The van der Waals surface area contributed by atoms with Crippen LogP contribution in [0, 0.1) is 6.92 Å². The van der Waals surface area contributed by atoms with Gasteiger partial charge in [0, 0.05) is 5.38 Å². The van der Waals surface area contributed by atoms with E-state index in [4.69, 9.17) is 4.74 Å². The van der Waals surface area contributed by atoms with Gasteiger partial charge in [0.25, 0.3) is 0 Å². The number of nitrogens with one attached hydrogen (secondary N) is 1. The van der Waals surface area contributed by atoms with Gasteiger partial charge in [0.05, 0.1) is 24.5 Å². The quantitative estimate of drug-likeness (QED) is 0.885. The summed E-state index contributed by atoms with van der Waals surface area (Å²) in [6.45, 7) is 5.36. The third kappa shape index (κ3) is 3.17. The Morgan fingerprint density at radius 3 is 3.00 bits per heavy atom. The maximum atomic E-state index is 5.59. The average Bonchev–Trinajstić information content (AvgIpc) is 2.81. The van der Waals surface area contributed by atoms with Gasteiger partial charge in [0.2, 0.25) is 0 Å². The highest BCUT2D eigenvalue weighted by Gasteiger charge is 2.04. The molecule has 0 fully saturated rings. The number of aromatic nitrogens is 2. The molecule has 0 aliphatic rings. The van der Waals surface area contributed by atoms with Crippen LogP contribution in [0.25, 0.3) is 0 Å². The van der Waals surface area contributed by atoms with Crippen LogP contribution in [0.1, 0.15) is 18.2 Å². The van der Waals surface area contributed by atoms with Gasteiger partial charge < -0.3 is 10.1 Å². The highest BCUT2D eigenvalue weighted by Crippen LogP contribution is 2.26. The van der Waals surface area contributed by atoms with Crippen LogP contribution < -0.4 is 10.1 Å². The molecule has 0 aliphatic carbocycles. The molecule has 5 heteroatoms. The lowest BCUT2D eigenvalue weighted by molar-refractivity contribution is 0.341. The highest BCUT2D eigenvalue weighted by molar-refractivity contribution is 7.03. The number of hydrogen-bond acceptors (Lipinski definition) is 5. The van der Waals surface area contributed by atoms with Gasteiger partial charge in [-0.2, -0.15) is 0 Å². The van der Waals surface area contributed by atoms with Crippen molar-refractivity contribution in [1.29, 1.82) is 0 Å². The second kappa shape index (κ2) is 5.63. The van der Waals surface area contributed by atoms with E-state index in [1.807, 2.05) is 24.4 Å². The van der Waals surface area contributed by atoms with E-state index in [0.29, 0.717) is 13.2 Å². The van der Waals surface area contributed by atoms with Crippen molar-refractivity contribution in [3.63, 3.8) is 0 Å². The van der Waals surface area contributed by atoms with Crippen molar-refractivity contribution < 1.29 is 4.74 Å². The van der Waals surface area contributed by atoms with Gasteiger partial charge in [-0.05, 0) is 43.1 Å². The van der Waals surface area contributed by atoms with Crippen molar-refractivity contribution >= 4 is 17.2 Å². The molecule has 1 aromatic carbocycles. The Labute approximate surface area is 105 Å². The van der Waals surface area contributed by atoms with Crippen LogP contribution in [0.3, 0.4) is 0 Å². The first-order valence-electron chi connectivity index (χ1n) is 5.53. The fraction of sp³-hybridized carbons (Fsp3) is 0.333. The van der Waals surface area contributed by atoms with Crippen LogP contribution in [0.15, 0.2) is 23.6 Å². The van der Waals surface area contributed by atoms with Crippen molar-refractivity contribution in [3.05, 3.63) is 34.8 Å². The Kier molecular flexibility index (Phi) is 3.93. The number of benzene rings is 1. The molecular weight excluding hydrogens is 234 g/mol. The van der Waals surface area contributed by atoms with Gasteiger partial charge in [-0.1, -0.05) is 10.6 Å². The van der Waals surface area contributed by atoms with Gasteiger partial charge in [-0.25, -0.2) is 0 Å². The molecule has 2 rings (SSSR count). The van der Waals surface area contributed by atoms with E-state index in [9.17, 15) is 0 Å². The first kappa shape index (κ1) is 11.9. The minimum absolute atomic E-state index is 0.663. The molecule has 0 saturated heterocycles. The monoisotopic (exact) mass is 249 g/mol. The summed E-state index contributed by atoms with van der Waals surface area (Å²) in [5, 5.41) is 9.23. The second-order valence-electron chi connectivity index (χ2n) is 3.68. The van der Waals surface area contributed by atoms with Gasteiger partial charge in [0.15, 0.2) is 0 Å². The van der Waals surface area contributed by atoms with E-state index in [-0.39, 0.29) is 0 Å². The zero-order valence-corrected chi connectivity index (χ0v) is 10.8. The SMILES string of the molecule is CCOc1cc(C)ccc1NCc1csnn1. The molecule has 0 bridgehead atoms. The van der Waals surface area contributed by atoms with Gasteiger partial charge in [-0.15, -0.1) is 5.10 Å². The Morgan fingerprint density at radius 1 is 1.41 bits per heavy atom. The number of ether oxygens (including phenoxy) is 1. The molecule has 2 aromatic rings. The lowest BCUT2D eigenvalue weighted by atomic mass is 10.2. The number of rotatable bonds is 5. The van der Waals surface area contributed by atoms with Gasteiger partial charge in [0.1, 0.15) is 5.75 Å². The Bertz CT molecular complexity index is 471. The summed E-state index contributed by atoms with van der Waals surface area (Å²) in [5.41, 5.74) is 3.12. The zero-order valence-electron chi connectivity index (χ0n) is 9.93. The highest BCUT2D eigenvalue weighted by atomic mass is 32.1. The van der Waals surface area contributed by atoms with Gasteiger partial charge in [-0.3, -0.25) is 0 Å². The van der Waals surface area contributed by atoms with Crippen molar-refractivity contribution in [2.45, 2.75) is 20.4 Å². The summed E-state index contributed by atoms with van der Waals surface area (Å²) in [7, 11) is 0. The molecule has 4 nitrogen and oxygen atoms in total. The van der Waals surface area contributed by atoms with Crippen LogP contribution in [-0.4, -0.2) is 16.2 Å². The fourth-order valence-corrected chi connectivity index (χ4v) is 1.95. The normalized spacial score (nSPS) is 10.2. The van der Waals surface area contributed by atoms with E-state index >= 15 is 0 Å². The standard InChI is InChI=1S/C12H15N3OS/c1-3-16-12-6-9(2)4-5-11(12)13-7-10-8-17-15-14-10/h4-6,8,13H,3,7H2,1-2H3.